The zero-order chi connectivity index (χ0) is 19.6. The molecule has 0 atom stereocenters. The molecule has 0 radical (unpaired) electrons. The first kappa shape index (κ1) is 25.4. The van der Waals surface area contributed by atoms with E-state index in [2.05, 4.69) is 31.1 Å². The third-order valence-electron chi connectivity index (χ3n) is 3.03. The molecule has 0 unspecified atom stereocenters. The molecule has 10 heteroatoms. The minimum atomic E-state index is -0.502. The number of aromatic nitrogens is 2. The fourth-order valence-corrected chi connectivity index (χ4v) is 1.87. The molecular formula is C17H33IN6O3. The van der Waals surface area contributed by atoms with Gasteiger partial charge in [-0.25, -0.2) is 4.79 Å². The molecule has 0 aliphatic carbocycles. The summed E-state index contributed by atoms with van der Waals surface area (Å²) in [7, 11) is 0. The van der Waals surface area contributed by atoms with Crippen molar-refractivity contribution >= 4 is 36.0 Å². The van der Waals surface area contributed by atoms with Crippen LogP contribution < -0.4 is 16.0 Å². The van der Waals surface area contributed by atoms with Crippen LogP contribution in [0, 0.1) is 0 Å². The van der Waals surface area contributed by atoms with Crippen LogP contribution in [0.15, 0.2) is 9.52 Å². The van der Waals surface area contributed by atoms with Gasteiger partial charge in [-0.15, -0.1) is 24.0 Å². The second-order valence-corrected chi connectivity index (χ2v) is 7.07. The Morgan fingerprint density at radius 1 is 1.22 bits per heavy atom. The number of carbonyl (C=O) groups is 1. The van der Waals surface area contributed by atoms with Crippen molar-refractivity contribution in [2.24, 2.45) is 4.99 Å². The smallest absolute Gasteiger partial charge is 0.407 e. The van der Waals surface area contributed by atoms with Crippen LogP contribution in [0.4, 0.5) is 4.79 Å². The summed E-state index contributed by atoms with van der Waals surface area (Å²) >= 11 is 0. The summed E-state index contributed by atoms with van der Waals surface area (Å²) in [4.78, 5) is 20.4. The fraction of sp³-hybridized carbons (Fsp3) is 0.765. The van der Waals surface area contributed by atoms with Crippen molar-refractivity contribution in [2.45, 2.75) is 59.5 Å². The molecule has 9 nitrogen and oxygen atoms in total. The van der Waals surface area contributed by atoms with Crippen molar-refractivity contribution in [2.75, 3.05) is 26.2 Å². The van der Waals surface area contributed by atoms with E-state index in [1.54, 1.807) is 0 Å². The van der Waals surface area contributed by atoms with Crippen molar-refractivity contribution < 1.29 is 14.1 Å². The standard InChI is InChI=1S/C17H32N6O3.HI/c1-7-18-15(20-10-11-21-16(24)25-17(4,5)6)19-9-8-13-22-14(12(2)3)23-26-13;/h12H,7-11H2,1-6H3,(H,21,24)(H2,18,19,20);1H. The summed E-state index contributed by atoms with van der Waals surface area (Å²) in [6, 6.07) is 0. The predicted octanol–water partition coefficient (Wildman–Crippen LogP) is 2.43. The summed E-state index contributed by atoms with van der Waals surface area (Å²) in [6.45, 7) is 13.7. The summed E-state index contributed by atoms with van der Waals surface area (Å²) in [5, 5.41) is 12.9. The number of carbonyl (C=O) groups excluding carboxylic acids is 1. The van der Waals surface area contributed by atoms with Gasteiger partial charge < -0.3 is 25.2 Å². The van der Waals surface area contributed by atoms with Gasteiger partial charge in [0.15, 0.2) is 11.8 Å². The number of rotatable bonds is 8. The lowest BCUT2D eigenvalue weighted by Crippen LogP contribution is -2.42. The zero-order valence-corrected chi connectivity index (χ0v) is 19.4. The first-order valence-corrected chi connectivity index (χ1v) is 9.02. The molecule has 0 spiro atoms. The number of guanidine groups is 1. The van der Waals surface area contributed by atoms with Crippen molar-refractivity contribution in [3.8, 4) is 0 Å². The molecule has 156 valence electrons. The topological polar surface area (TPSA) is 114 Å². The normalized spacial score (nSPS) is 11.7. The van der Waals surface area contributed by atoms with Crippen molar-refractivity contribution in [1.29, 1.82) is 0 Å². The van der Waals surface area contributed by atoms with Crippen LogP contribution in [0.25, 0.3) is 0 Å². The van der Waals surface area contributed by atoms with Crippen molar-refractivity contribution in [3.05, 3.63) is 11.7 Å². The number of ether oxygens (including phenoxy) is 1. The van der Waals surface area contributed by atoms with Gasteiger partial charge in [-0.05, 0) is 27.7 Å². The van der Waals surface area contributed by atoms with Gasteiger partial charge >= 0.3 is 6.09 Å². The second kappa shape index (κ2) is 12.7. The summed E-state index contributed by atoms with van der Waals surface area (Å²) in [5.74, 6) is 2.21. The molecule has 1 aromatic rings. The number of amides is 1. The Labute approximate surface area is 178 Å². The maximum atomic E-state index is 11.6. The average molecular weight is 496 g/mol. The number of nitrogens with one attached hydrogen (secondary N) is 3. The van der Waals surface area contributed by atoms with Crippen molar-refractivity contribution in [1.82, 2.24) is 26.1 Å². The third kappa shape index (κ3) is 11.7. The largest absolute Gasteiger partial charge is 0.444 e. The lowest BCUT2D eigenvalue weighted by atomic mass is 10.2. The van der Waals surface area contributed by atoms with E-state index < -0.39 is 11.7 Å². The van der Waals surface area contributed by atoms with Gasteiger partial charge in [0.2, 0.25) is 5.89 Å². The fourth-order valence-electron chi connectivity index (χ4n) is 1.87. The van der Waals surface area contributed by atoms with Crippen LogP contribution in [-0.4, -0.2) is 54.0 Å². The van der Waals surface area contributed by atoms with Crippen LogP contribution in [0.5, 0.6) is 0 Å². The Bertz CT molecular complexity index is 583. The molecule has 0 bridgehead atoms. The first-order chi connectivity index (χ1) is 12.2. The molecule has 3 N–H and O–H groups in total. The average Bonchev–Trinajstić information content (AvgIpc) is 2.99. The third-order valence-corrected chi connectivity index (χ3v) is 3.03. The quantitative estimate of drug-likeness (QED) is 0.219. The summed E-state index contributed by atoms with van der Waals surface area (Å²) in [5.41, 5.74) is -0.502. The van der Waals surface area contributed by atoms with Crippen LogP contribution in [0.1, 0.15) is 59.2 Å². The van der Waals surface area contributed by atoms with E-state index in [4.69, 9.17) is 9.26 Å². The first-order valence-electron chi connectivity index (χ1n) is 9.02. The number of hydrogen-bond acceptors (Lipinski definition) is 6. The molecule has 1 heterocycles. The molecule has 1 aromatic heterocycles. The van der Waals surface area contributed by atoms with Crippen LogP contribution in [0.3, 0.4) is 0 Å². The summed E-state index contributed by atoms with van der Waals surface area (Å²) < 4.78 is 10.4. The lowest BCUT2D eigenvalue weighted by Gasteiger charge is -2.19. The monoisotopic (exact) mass is 496 g/mol. The molecule has 0 aliphatic rings. The Hall–Kier alpha value is -1.59. The van der Waals surface area contributed by atoms with Gasteiger partial charge in [-0.1, -0.05) is 19.0 Å². The van der Waals surface area contributed by atoms with Gasteiger partial charge in [-0.2, -0.15) is 4.98 Å². The van der Waals surface area contributed by atoms with Gasteiger partial charge in [0.05, 0.1) is 6.54 Å². The minimum Gasteiger partial charge on any atom is -0.444 e. The highest BCUT2D eigenvalue weighted by Gasteiger charge is 2.15. The van der Waals surface area contributed by atoms with E-state index >= 15 is 0 Å². The number of nitrogens with zero attached hydrogens (tertiary/aromatic N) is 3. The highest BCUT2D eigenvalue weighted by atomic mass is 127. The minimum absolute atomic E-state index is 0. The van der Waals surface area contributed by atoms with Crippen LogP contribution in [-0.2, 0) is 11.2 Å². The van der Waals surface area contributed by atoms with E-state index in [1.165, 1.54) is 0 Å². The number of halogens is 1. The van der Waals surface area contributed by atoms with E-state index in [0.29, 0.717) is 43.7 Å². The predicted molar refractivity (Wildman–Crippen MR) is 116 cm³/mol. The Morgan fingerprint density at radius 2 is 1.89 bits per heavy atom. The zero-order valence-electron chi connectivity index (χ0n) is 17.1. The molecular weight excluding hydrogens is 463 g/mol. The van der Waals surface area contributed by atoms with E-state index in [-0.39, 0.29) is 29.9 Å². The van der Waals surface area contributed by atoms with Gasteiger partial charge in [0.25, 0.3) is 0 Å². The highest BCUT2D eigenvalue weighted by molar-refractivity contribution is 14.0. The van der Waals surface area contributed by atoms with Gasteiger partial charge in [0, 0.05) is 32.0 Å². The Balaban J connectivity index is 0.00000676. The van der Waals surface area contributed by atoms with E-state index in [9.17, 15) is 4.79 Å². The molecule has 0 fully saturated rings. The molecule has 0 aromatic carbocycles. The molecule has 27 heavy (non-hydrogen) atoms. The maximum absolute atomic E-state index is 11.6. The van der Waals surface area contributed by atoms with Crippen LogP contribution >= 0.6 is 24.0 Å². The number of alkyl carbamates (subject to hydrolysis) is 1. The Morgan fingerprint density at radius 3 is 2.44 bits per heavy atom. The molecule has 0 saturated carbocycles. The number of aliphatic imine (C=N–C) groups is 1. The molecule has 1 rings (SSSR count). The molecule has 0 saturated heterocycles. The Kier molecular flexibility index (Phi) is 12.0. The molecule has 0 aliphatic heterocycles. The van der Waals surface area contributed by atoms with Gasteiger partial charge in [0.1, 0.15) is 5.60 Å². The lowest BCUT2D eigenvalue weighted by molar-refractivity contribution is 0.0529. The molecule has 1 amide bonds. The van der Waals surface area contributed by atoms with E-state index in [1.807, 2.05) is 41.5 Å². The van der Waals surface area contributed by atoms with Crippen molar-refractivity contribution in [3.63, 3.8) is 0 Å². The summed E-state index contributed by atoms with van der Waals surface area (Å²) in [6.07, 6.45) is 0.144. The van der Waals surface area contributed by atoms with E-state index in [0.717, 1.165) is 6.54 Å². The second-order valence-electron chi connectivity index (χ2n) is 7.07. The SMILES string of the molecule is CCNC(=NCCc1nc(C(C)C)no1)NCCNC(=O)OC(C)(C)C.I. The van der Waals surface area contributed by atoms with Gasteiger partial charge in [-0.3, -0.25) is 4.99 Å². The maximum Gasteiger partial charge on any atom is 0.407 e. The number of hydrogen-bond donors (Lipinski definition) is 3. The van der Waals surface area contributed by atoms with Crippen LogP contribution in [0.2, 0.25) is 0 Å². The highest BCUT2D eigenvalue weighted by Crippen LogP contribution is 2.09.